The second-order valence-electron chi connectivity index (χ2n) is 3.55. The molecule has 1 aromatic rings. The summed E-state index contributed by atoms with van der Waals surface area (Å²) in [6.07, 6.45) is 3.72. The fourth-order valence-electron chi connectivity index (χ4n) is 1.30. The maximum Gasteiger partial charge on any atom is 0.323 e. The van der Waals surface area contributed by atoms with Crippen LogP contribution in [0.4, 0.5) is 10.5 Å². The zero-order valence-electron chi connectivity index (χ0n) is 9.77. The number of anilines is 1. The van der Waals surface area contributed by atoms with Gasteiger partial charge in [-0.15, -0.1) is 0 Å². The second-order valence-corrected chi connectivity index (χ2v) is 3.55. The van der Waals surface area contributed by atoms with Gasteiger partial charge in [-0.05, 0) is 18.6 Å². The summed E-state index contributed by atoms with van der Waals surface area (Å²) in [5, 5.41) is 5.18. The topological polar surface area (TPSA) is 58.2 Å². The highest BCUT2D eigenvalue weighted by Gasteiger charge is 1.99. The van der Waals surface area contributed by atoms with Gasteiger partial charge in [-0.25, -0.2) is 4.79 Å². The first-order valence-electron chi connectivity index (χ1n) is 5.53. The fourth-order valence-corrected chi connectivity index (χ4v) is 1.30. The van der Waals surface area contributed by atoms with Gasteiger partial charge in [0.15, 0.2) is 0 Å². The zero-order chi connectivity index (χ0) is 12.5. The van der Waals surface area contributed by atoms with E-state index in [0.29, 0.717) is 17.7 Å². The summed E-state index contributed by atoms with van der Waals surface area (Å²) >= 11 is 0. The van der Waals surface area contributed by atoms with E-state index in [9.17, 15) is 9.59 Å². The van der Waals surface area contributed by atoms with Crippen molar-refractivity contribution in [2.24, 2.45) is 0 Å². The molecule has 0 saturated carbocycles. The minimum atomic E-state index is -0.355. The van der Waals surface area contributed by atoms with Gasteiger partial charge in [0, 0.05) is 17.5 Å². The van der Waals surface area contributed by atoms with Crippen molar-refractivity contribution >= 4 is 18.0 Å². The highest BCUT2D eigenvalue weighted by molar-refractivity contribution is 5.90. The Hall–Kier alpha value is -2.10. The van der Waals surface area contributed by atoms with Crippen molar-refractivity contribution in [1.82, 2.24) is 5.32 Å². The van der Waals surface area contributed by atoms with Gasteiger partial charge in [0.2, 0.25) is 0 Å². The minimum absolute atomic E-state index is 0.355. The molecule has 4 heteroatoms. The lowest BCUT2D eigenvalue weighted by Crippen LogP contribution is -2.24. The van der Waals surface area contributed by atoms with E-state index < -0.39 is 0 Å². The number of aldehydes is 1. The molecule has 0 heterocycles. The van der Waals surface area contributed by atoms with Crippen molar-refractivity contribution in [3.8, 4) is 0 Å². The zero-order valence-corrected chi connectivity index (χ0v) is 9.77. The molecule has 0 fully saturated rings. The van der Waals surface area contributed by atoms with Gasteiger partial charge < -0.3 is 10.6 Å². The van der Waals surface area contributed by atoms with Crippen LogP contribution >= 0.6 is 0 Å². The van der Waals surface area contributed by atoms with Gasteiger partial charge in [0.05, 0.1) is 0 Å². The lowest BCUT2D eigenvalue weighted by molar-refractivity contribution is -0.105. The third-order valence-corrected chi connectivity index (χ3v) is 2.11. The van der Waals surface area contributed by atoms with Gasteiger partial charge in [-0.1, -0.05) is 31.5 Å². The number of para-hydroxylation sites is 1. The third kappa shape index (κ3) is 4.97. The first-order chi connectivity index (χ1) is 8.26. The maximum atomic E-state index is 11.5. The van der Waals surface area contributed by atoms with Crippen LogP contribution in [0.1, 0.15) is 19.8 Å². The number of hydrogen-bond acceptors (Lipinski definition) is 2. The van der Waals surface area contributed by atoms with Crippen LogP contribution in [0.25, 0.3) is 0 Å². The molecule has 1 rings (SSSR count). The molecule has 0 atom stereocenters. The standard InChI is InChI=1S/C13H16N2O2/c1-2-6-11(10-16)9-14-13(17)15-12-7-4-3-5-8-12/h3-5,7-10H,2,6H2,1H3,(H2,14,15,17)/b11-9+. The number of carbonyl (C=O) groups is 2. The lowest BCUT2D eigenvalue weighted by atomic mass is 10.2. The molecule has 17 heavy (non-hydrogen) atoms. The number of urea groups is 1. The number of nitrogens with one attached hydrogen (secondary N) is 2. The van der Waals surface area contributed by atoms with Crippen molar-refractivity contribution in [3.63, 3.8) is 0 Å². The third-order valence-electron chi connectivity index (χ3n) is 2.11. The summed E-state index contributed by atoms with van der Waals surface area (Å²) in [6, 6.07) is 8.76. The van der Waals surface area contributed by atoms with Gasteiger partial charge in [-0.2, -0.15) is 0 Å². The first-order valence-corrected chi connectivity index (χ1v) is 5.53. The minimum Gasteiger partial charge on any atom is -0.314 e. The Kier molecular flexibility index (Phi) is 5.51. The van der Waals surface area contributed by atoms with Gasteiger partial charge in [0.1, 0.15) is 6.29 Å². The average Bonchev–Trinajstić information content (AvgIpc) is 2.35. The molecule has 0 aliphatic rings. The van der Waals surface area contributed by atoms with Crippen LogP contribution in [0.5, 0.6) is 0 Å². The molecule has 0 radical (unpaired) electrons. The maximum absolute atomic E-state index is 11.5. The average molecular weight is 232 g/mol. The van der Waals surface area contributed by atoms with E-state index in [1.54, 1.807) is 12.1 Å². The van der Waals surface area contributed by atoms with Crippen LogP contribution in [0.15, 0.2) is 42.1 Å². The van der Waals surface area contributed by atoms with E-state index in [2.05, 4.69) is 10.6 Å². The summed E-state index contributed by atoms with van der Waals surface area (Å²) in [7, 11) is 0. The Labute approximate surface area is 101 Å². The normalized spacial score (nSPS) is 10.8. The predicted octanol–water partition coefficient (Wildman–Crippen LogP) is 2.69. The molecule has 0 unspecified atom stereocenters. The molecule has 0 aliphatic carbocycles. The number of hydrogen-bond donors (Lipinski definition) is 2. The summed E-state index contributed by atoms with van der Waals surface area (Å²) in [5.74, 6) is 0. The molecule has 0 spiro atoms. The molecule has 1 aromatic carbocycles. The number of carbonyl (C=O) groups excluding carboxylic acids is 2. The molecule has 2 N–H and O–H groups in total. The van der Waals surface area contributed by atoms with Crippen LogP contribution in [-0.4, -0.2) is 12.3 Å². The summed E-state index contributed by atoms with van der Waals surface area (Å²) in [4.78, 5) is 22.1. The van der Waals surface area contributed by atoms with E-state index in [0.717, 1.165) is 12.7 Å². The van der Waals surface area contributed by atoms with E-state index in [-0.39, 0.29) is 6.03 Å². The van der Waals surface area contributed by atoms with Crippen molar-refractivity contribution < 1.29 is 9.59 Å². The SMILES string of the molecule is CCC/C(C=O)=C\NC(=O)Nc1ccccc1. The highest BCUT2D eigenvalue weighted by Crippen LogP contribution is 2.04. The van der Waals surface area contributed by atoms with Gasteiger partial charge in [-0.3, -0.25) is 4.79 Å². The fraction of sp³-hybridized carbons (Fsp3) is 0.231. The molecule has 2 amide bonds. The van der Waals surface area contributed by atoms with Gasteiger partial charge in [0.25, 0.3) is 0 Å². The summed E-state index contributed by atoms with van der Waals surface area (Å²) < 4.78 is 0. The highest BCUT2D eigenvalue weighted by atomic mass is 16.2. The van der Waals surface area contributed by atoms with Crippen LogP contribution in [-0.2, 0) is 4.79 Å². The van der Waals surface area contributed by atoms with Crippen molar-refractivity contribution in [3.05, 3.63) is 42.1 Å². The Balaban J connectivity index is 2.47. The largest absolute Gasteiger partial charge is 0.323 e. The molecule has 0 bridgehead atoms. The van der Waals surface area contributed by atoms with Crippen molar-refractivity contribution in [1.29, 1.82) is 0 Å². The Morgan fingerprint density at radius 2 is 2.00 bits per heavy atom. The summed E-state index contributed by atoms with van der Waals surface area (Å²) in [5.41, 5.74) is 1.29. The molecule has 4 nitrogen and oxygen atoms in total. The predicted molar refractivity (Wildman–Crippen MR) is 67.7 cm³/mol. The second kappa shape index (κ2) is 7.22. The number of rotatable bonds is 5. The first kappa shape index (κ1) is 13.0. The van der Waals surface area contributed by atoms with Crippen molar-refractivity contribution in [2.45, 2.75) is 19.8 Å². The van der Waals surface area contributed by atoms with Crippen LogP contribution in [0.2, 0.25) is 0 Å². The van der Waals surface area contributed by atoms with Crippen LogP contribution in [0, 0.1) is 0 Å². The van der Waals surface area contributed by atoms with Crippen molar-refractivity contribution in [2.75, 3.05) is 5.32 Å². The molecule has 0 saturated heterocycles. The number of amides is 2. The molecule has 0 aliphatic heterocycles. The molecular formula is C13H16N2O2. The van der Waals surface area contributed by atoms with E-state index in [4.69, 9.17) is 0 Å². The Bertz CT molecular complexity index is 399. The molecule has 0 aromatic heterocycles. The van der Waals surface area contributed by atoms with Crippen LogP contribution < -0.4 is 10.6 Å². The van der Waals surface area contributed by atoms with E-state index in [1.807, 2.05) is 25.1 Å². The summed E-state index contributed by atoms with van der Waals surface area (Å²) in [6.45, 7) is 1.97. The quantitative estimate of drug-likeness (QED) is 0.605. The smallest absolute Gasteiger partial charge is 0.314 e. The molecular weight excluding hydrogens is 216 g/mol. The molecule has 90 valence electrons. The van der Waals surface area contributed by atoms with Crippen LogP contribution in [0.3, 0.4) is 0 Å². The Morgan fingerprint density at radius 1 is 1.29 bits per heavy atom. The number of benzene rings is 1. The monoisotopic (exact) mass is 232 g/mol. The number of allylic oxidation sites excluding steroid dienone is 1. The van der Waals surface area contributed by atoms with E-state index in [1.165, 1.54) is 6.20 Å². The lowest BCUT2D eigenvalue weighted by Gasteiger charge is -2.04. The van der Waals surface area contributed by atoms with Gasteiger partial charge >= 0.3 is 6.03 Å². The van der Waals surface area contributed by atoms with E-state index >= 15 is 0 Å². The Morgan fingerprint density at radius 3 is 2.59 bits per heavy atom.